The lowest BCUT2D eigenvalue weighted by molar-refractivity contribution is 0.408. The monoisotopic (exact) mass is 314 g/mol. The highest BCUT2D eigenvalue weighted by atomic mass is 79.9. The SMILES string of the molecule is COc1c(C)c(Cl)c(OC)c2ccc(Br)cc12. The molecule has 2 aromatic carbocycles. The minimum atomic E-state index is 0.596. The van der Waals surface area contributed by atoms with Gasteiger partial charge >= 0.3 is 0 Å². The van der Waals surface area contributed by atoms with Crippen LogP contribution in [0.15, 0.2) is 22.7 Å². The highest BCUT2D eigenvalue weighted by Crippen LogP contribution is 2.43. The Labute approximate surface area is 114 Å². The molecular weight excluding hydrogens is 303 g/mol. The Bertz CT molecular complexity index is 581. The van der Waals surface area contributed by atoms with Crippen LogP contribution in [0.25, 0.3) is 10.8 Å². The number of hydrogen-bond acceptors (Lipinski definition) is 2. The van der Waals surface area contributed by atoms with Crippen LogP contribution in [0, 0.1) is 6.92 Å². The maximum absolute atomic E-state index is 6.28. The van der Waals surface area contributed by atoms with Gasteiger partial charge in [-0.25, -0.2) is 0 Å². The van der Waals surface area contributed by atoms with Gasteiger partial charge in [0.2, 0.25) is 0 Å². The second kappa shape index (κ2) is 4.75. The molecule has 0 atom stereocenters. The standard InChI is InChI=1S/C13H12BrClO2/c1-7-11(15)13(17-3)9-5-4-8(14)6-10(9)12(7)16-2/h4-6H,1-3H3. The fourth-order valence-corrected chi connectivity index (χ4v) is 2.58. The Morgan fingerprint density at radius 1 is 1.06 bits per heavy atom. The summed E-state index contributed by atoms with van der Waals surface area (Å²) >= 11 is 9.74. The number of halogens is 2. The first-order chi connectivity index (χ1) is 8.10. The van der Waals surface area contributed by atoms with Crippen molar-refractivity contribution in [1.29, 1.82) is 0 Å². The maximum Gasteiger partial charge on any atom is 0.145 e. The zero-order valence-corrected chi connectivity index (χ0v) is 12.1. The van der Waals surface area contributed by atoms with Crippen LogP contribution in [0.5, 0.6) is 11.5 Å². The van der Waals surface area contributed by atoms with Gasteiger partial charge in [-0.1, -0.05) is 27.5 Å². The van der Waals surface area contributed by atoms with E-state index in [9.17, 15) is 0 Å². The summed E-state index contributed by atoms with van der Waals surface area (Å²) in [5.74, 6) is 1.47. The molecule has 2 rings (SSSR count). The Balaban J connectivity index is 2.96. The number of benzene rings is 2. The maximum atomic E-state index is 6.28. The van der Waals surface area contributed by atoms with E-state index in [0.29, 0.717) is 10.8 Å². The summed E-state index contributed by atoms with van der Waals surface area (Å²) < 4.78 is 11.8. The molecule has 0 saturated carbocycles. The lowest BCUT2D eigenvalue weighted by atomic mass is 10.0. The second-order valence-electron chi connectivity index (χ2n) is 3.70. The van der Waals surface area contributed by atoms with Gasteiger partial charge in [-0.15, -0.1) is 0 Å². The molecule has 0 aliphatic carbocycles. The van der Waals surface area contributed by atoms with Gasteiger partial charge in [0.1, 0.15) is 11.5 Å². The van der Waals surface area contributed by atoms with Crippen LogP contribution in [0.4, 0.5) is 0 Å². The molecule has 90 valence electrons. The highest BCUT2D eigenvalue weighted by Gasteiger charge is 2.16. The van der Waals surface area contributed by atoms with E-state index in [4.69, 9.17) is 21.1 Å². The molecule has 4 heteroatoms. The van der Waals surface area contributed by atoms with Crippen molar-refractivity contribution in [1.82, 2.24) is 0 Å². The zero-order valence-electron chi connectivity index (χ0n) is 9.80. The zero-order chi connectivity index (χ0) is 12.6. The number of methoxy groups -OCH3 is 2. The lowest BCUT2D eigenvalue weighted by Gasteiger charge is -2.15. The summed E-state index contributed by atoms with van der Waals surface area (Å²) in [5, 5.41) is 2.53. The predicted octanol–water partition coefficient (Wildman–Crippen LogP) is 4.58. The van der Waals surface area contributed by atoms with Crippen molar-refractivity contribution in [2.75, 3.05) is 14.2 Å². The van der Waals surface area contributed by atoms with Gasteiger partial charge in [0.05, 0.1) is 19.2 Å². The molecule has 0 amide bonds. The molecule has 0 radical (unpaired) electrons. The van der Waals surface area contributed by atoms with Crippen LogP contribution >= 0.6 is 27.5 Å². The van der Waals surface area contributed by atoms with E-state index in [2.05, 4.69) is 15.9 Å². The van der Waals surface area contributed by atoms with Crippen LogP contribution < -0.4 is 9.47 Å². The minimum absolute atomic E-state index is 0.596. The average molecular weight is 316 g/mol. The largest absolute Gasteiger partial charge is 0.496 e. The first-order valence-electron chi connectivity index (χ1n) is 5.09. The van der Waals surface area contributed by atoms with Crippen LogP contribution in [0.1, 0.15) is 5.56 Å². The summed E-state index contributed by atoms with van der Waals surface area (Å²) in [5.41, 5.74) is 0.886. The number of fused-ring (bicyclic) bond motifs is 1. The van der Waals surface area contributed by atoms with Crippen molar-refractivity contribution in [3.05, 3.63) is 33.3 Å². The van der Waals surface area contributed by atoms with E-state index >= 15 is 0 Å². The van der Waals surface area contributed by atoms with E-state index in [1.807, 2.05) is 25.1 Å². The summed E-state index contributed by atoms with van der Waals surface area (Å²) in [6.45, 7) is 1.92. The lowest BCUT2D eigenvalue weighted by Crippen LogP contribution is -1.94. The predicted molar refractivity (Wildman–Crippen MR) is 74.5 cm³/mol. The summed E-state index contributed by atoms with van der Waals surface area (Å²) in [7, 11) is 3.26. The summed E-state index contributed by atoms with van der Waals surface area (Å²) in [6, 6.07) is 5.92. The van der Waals surface area contributed by atoms with E-state index in [1.165, 1.54) is 0 Å². The topological polar surface area (TPSA) is 18.5 Å². The summed E-state index contributed by atoms with van der Waals surface area (Å²) in [6.07, 6.45) is 0. The van der Waals surface area contributed by atoms with E-state index in [1.54, 1.807) is 14.2 Å². The fraction of sp³-hybridized carbons (Fsp3) is 0.231. The van der Waals surface area contributed by atoms with Crippen molar-refractivity contribution in [2.45, 2.75) is 6.92 Å². The third kappa shape index (κ3) is 1.98. The minimum Gasteiger partial charge on any atom is -0.496 e. The van der Waals surface area contributed by atoms with Gasteiger partial charge in [0.15, 0.2) is 0 Å². The molecule has 0 N–H and O–H groups in total. The number of rotatable bonds is 2. The number of hydrogen-bond donors (Lipinski definition) is 0. The van der Waals surface area contributed by atoms with Crippen LogP contribution in [-0.2, 0) is 0 Å². The van der Waals surface area contributed by atoms with Gasteiger partial charge in [-0.3, -0.25) is 0 Å². The Morgan fingerprint density at radius 2 is 1.71 bits per heavy atom. The normalized spacial score (nSPS) is 10.6. The van der Waals surface area contributed by atoms with Crippen molar-refractivity contribution >= 4 is 38.3 Å². The van der Waals surface area contributed by atoms with Crippen molar-refractivity contribution in [2.24, 2.45) is 0 Å². The van der Waals surface area contributed by atoms with Gasteiger partial charge < -0.3 is 9.47 Å². The molecule has 17 heavy (non-hydrogen) atoms. The first kappa shape index (κ1) is 12.5. The fourth-order valence-electron chi connectivity index (χ4n) is 1.96. The molecule has 0 aliphatic heterocycles. The quantitative estimate of drug-likeness (QED) is 0.807. The van der Waals surface area contributed by atoms with Crippen molar-refractivity contribution in [3.63, 3.8) is 0 Å². The highest BCUT2D eigenvalue weighted by molar-refractivity contribution is 9.10. The van der Waals surface area contributed by atoms with Crippen LogP contribution in [0.2, 0.25) is 5.02 Å². The molecule has 0 unspecified atom stereocenters. The molecule has 0 spiro atoms. The molecule has 0 aromatic heterocycles. The second-order valence-corrected chi connectivity index (χ2v) is 4.99. The smallest absolute Gasteiger partial charge is 0.145 e. The third-order valence-corrected chi connectivity index (χ3v) is 3.70. The Kier molecular flexibility index (Phi) is 3.50. The van der Waals surface area contributed by atoms with Crippen LogP contribution in [0.3, 0.4) is 0 Å². The van der Waals surface area contributed by atoms with Gasteiger partial charge in [-0.2, -0.15) is 0 Å². The molecule has 2 aromatic rings. The summed E-state index contributed by atoms with van der Waals surface area (Å²) in [4.78, 5) is 0. The average Bonchev–Trinajstić information content (AvgIpc) is 2.32. The Hall–Kier alpha value is -0.930. The third-order valence-electron chi connectivity index (χ3n) is 2.75. The van der Waals surface area contributed by atoms with E-state index < -0.39 is 0 Å². The van der Waals surface area contributed by atoms with E-state index in [0.717, 1.165) is 26.6 Å². The molecule has 0 saturated heterocycles. The molecule has 0 fully saturated rings. The van der Waals surface area contributed by atoms with E-state index in [-0.39, 0.29) is 0 Å². The van der Waals surface area contributed by atoms with Crippen molar-refractivity contribution < 1.29 is 9.47 Å². The number of ether oxygens (including phenoxy) is 2. The van der Waals surface area contributed by atoms with Crippen LogP contribution in [-0.4, -0.2) is 14.2 Å². The molecule has 0 aliphatic rings. The molecule has 2 nitrogen and oxygen atoms in total. The van der Waals surface area contributed by atoms with Gasteiger partial charge in [-0.05, 0) is 25.1 Å². The Morgan fingerprint density at radius 3 is 2.29 bits per heavy atom. The van der Waals surface area contributed by atoms with Gasteiger partial charge in [0, 0.05) is 20.8 Å². The van der Waals surface area contributed by atoms with Crippen molar-refractivity contribution in [3.8, 4) is 11.5 Å². The molecule has 0 heterocycles. The van der Waals surface area contributed by atoms with Gasteiger partial charge in [0.25, 0.3) is 0 Å². The molecular formula is C13H12BrClO2. The first-order valence-corrected chi connectivity index (χ1v) is 6.26. The molecule has 0 bridgehead atoms.